The summed E-state index contributed by atoms with van der Waals surface area (Å²) in [6.45, 7) is 0. The van der Waals surface area contributed by atoms with Crippen LogP contribution in [0.4, 0.5) is 18.9 Å². The first-order valence-electron chi connectivity index (χ1n) is 5.72. The van der Waals surface area contributed by atoms with E-state index in [1.165, 1.54) is 6.21 Å². The maximum absolute atomic E-state index is 12.1. The Morgan fingerprint density at radius 2 is 1.86 bits per heavy atom. The van der Waals surface area contributed by atoms with Crippen molar-refractivity contribution >= 4 is 23.5 Å². The molecule has 0 spiro atoms. The predicted molar refractivity (Wildman–Crippen MR) is 73.5 cm³/mol. The summed E-state index contributed by atoms with van der Waals surface area (Å²) in [4.78, 5) is 4.02. The van der Waals surface area contributed by atoms with Gasteiger partial charge in [-0.25, -0.2) is 0 Å². The van der Waals surface area contributed by atoms with Gasteiger partial charge in [-0.2, -0.15) is 0 Å². The Morgan fingerprint density at radius 1 is 1.14 bits per heavy atom. The lowest BCUT2D eigenvalue weighted by Crippen LogP contribution is -2.17. The van der Waals surface area contributed by atoms with Crippen molar-refractivity contribution in [2.45, 2.75) is 6.36 Å². The third kappa shape index (κ3) is 4.39. The van der Waals surface area contributed by atoms with E-state index >= 15 is 0 Å². The number of hydrogen-bond acceptors (Lipinski definition) is 3. The van der Waals surface area contributed by atoms with Crippen molar-refractivity contribution in [2.24, 2.45) is 4.99 Å². The summed E-state index contributed by atoms with van der Waals surface area (Å²) in [7, 11) is 0. The van der Waals surface area contributed by atoms with Crippen LogP contribution in [0.2, 0.25) is 5.02 Å². The number of ether oxygens (including phenoxy) is 1. The quantitative estimate of drug-likeness (QED) is 0.834. The standard InChI is InChI=1S/C14H9ClF3NO2/c15-11-3-1-2-4-12(11)19-8-9-7-10(5-6-13(9)20)21-14(16,17)18/h1-8,20H. The van der Waals surface area contributed by atoms with Crippen LogP contribution in [0.15, 0.2) is 47.5 Å². The third-order valence-corrected chi connectivity index (χ3v) is 2.75. The molecule has 0 amide bonds. The molecule has 2 rings (SSSR count). The Labute approximate surface area is 123 Å². The van der Waals surface area contributed by atoms with Crippen molar-refractivity contribution in [3.05, 3.63) is 53.1 Å². The number of halogens is 4. The fourth-order valence-electron chi connectivity index (χ4n) is 1.53. The van der Waals surface area contributed by atoms with Gasteiger partial charge in [0.15, 0.2) is 0 Å². The summed E-state index contributed by atoms with van der Waals surface area (Å²) in [5, 5.41) is 10.0. The summed E-state index contributed by atoms with van der Waals surface area (Å²) in [5.41, 5.74) is 0.511. The smallest absolute Gasteiger partial charge is 0.507 e. The molecule has 0 heterocycles. The molecule has 0 radical (unpaired) electrons. The lowest BCUT2D eigenvalue weighted by atomic mass is 10.2. The van der Waals surface area contributed by atoms with E-state index in [9.17, 15) is 18.3 Å². The first kappa shape index (κ1) is 15.2. The molecule has 0 atom stereocenters. The molecular weight excluding hydrogens is 307 g/mol. The molecule has 0 fully saturated rings. The van der Waals surface area contributed by atoms with E-state index in [-0.39, 0.29) is 11.3 Å². The Bertz CT molecular complexity index is 672. The van der Waals surface area contributed by atoms with Gasteiger partial charge in [0.1, 0.15) is 11.5 Å². The number of alkyl halides is 3. The highest BCUT2D eigenvalue weighted by atomic mass is 35.5. The first-order chi connectivity index (χ1) is 9.85. The number of phenolic OH excluding ortho intramolecular Hbond substituents is 1. The summed E-state index contributed by atoms with van der Waals surface area (Å²) in [5.74, 6) is -0.666. The Kier molecular flexibility index (Phi) is 4.37. The monoisotopic (exact) mass is 315 g/mol. The highest BCUT2D eigenvalue weighted by Gasteiger charge is 2.31. The largest absolute Gasteiger partial charge is 0.573 e. The van der Waals surface area contributed by atoms with Crippen LogP contribution >= 0.6 is 11.6 Å². The van der Waals surface area contributed by atoms with Crippen LogP contribution in [0.5, 0.6) is 11.5 Å². The van der Waals surface area contributed by atoms with Crippen molar-refractivity contribution in [1.29, 1.82) is 0 Å². The molecule has 110 valence electrons. The summed E-state index contributed by atoms with van der Waals surface area (Å²) in [6, 6.07) is 9.81. The van der Waals surface area contributed by atoms with Gasteiger partial charge in [-0.3, -0.25) is 4.99 Å². The van der Waals surface area contributed by atoms with Gasteiger partial charge in [-0.05, 0) is 30.3 Å². The molecule has 0 bridgehead atoms. The molecule has 2 aromatic carbocycles. The van der Waals surface area contributed by atoms with E-state index in [4.69, 9.17) is 11.6 Å². The molecule has 0 aliphatic rings. The number of aliphatic imine (C=N–C) groups is 1. The zero-order chi connectivity index (χ0) is 15.5. The maximum atomic E-state index is 12.1. The average Bonchev–Trinajstić information content (AvgIpc) is 2.39. The molecule has 2 aromatic rings. The number of para-hydroxylation sites is 1. The Balaban J connectivity index is 2.27. The van der Waals surface area contributed by atoms with Crippen molar-refractivity contribution in [2.75, 3.05) is 0 Å². The topological polar surface area (TPSA) is 41.8 Å². The van der Waals surface area contributed by atoms with Gasteiger partial charge >= 0.3 is 6.36 Å². The fourth-order valence-corrected chi connectivity index (χ4v) is 1.71. The summed E-state index contributed by atoms with van der Waals surface area (Å²) < 4.78 is 40.2. The molecule has 0 saturated heterocycles. The second-order valence-electron chi connectivity index (χ2n) is 3.98. The van der Waals surface area contributed by atoms with Gasteiger partial charge < -0.3 is 9.84 Å². The second-order valence-corrected chi connectivity index (χ2v) is 4.39. The third-order valence-electron chi connectivity index (χ3n) is 2.43. The second kappa shape index (κ2) is 6.05. The van der Waals surface area contributed by atoms with Crippen LogP contribution < -0.4 is 4.74 Å². The van der Waals surface area contributed by atoms with E-state index in [1.54, 1.807) is 24.3 Å². The predicted octanol–water partition coefficient (Wildman–Crippen LogP) is 4.69. The van der Waals surface area contributed by atoms with Crippen molar-refractivity contribution in [3.8, 4) is 11.5 Å². The number of hydrogen-bond donors (Lipinski definition) is 1. The van der Waals surface area contributed by atoms with E-state index < -0.39 is 12.1 Å². The van der Waals surface area contributed by atoms with Crippen LogP contribution in [0, 0.1) is 0 Å². The van der Waals surface area contributed by atoms with Gasteiger partial charge in [-0.15, -0.1) is 13.2 Å². The van der Waals surface area contributed by atoms with Crippen LogP contribution in [-0.2, 0) is 0 Å². The van der Waals surface area contributed by atoms with E-state index in [2.05, 4.69) is 9.73 Å². The lowest BCUT2D eigenvalue weighted by Gasteiger charge is -2.09. The van der Waals surface area contributed by atoms with Crippen LogP contribution in [0.25, 0.3) is 0 Å². The minimum Gasteiger partial charge on any atom is -0.507 e. The highest BCUT2D eigenvalue weighted by Crippen LogP contribution is 2.28. The van der Waals surface area contributed by atoms with E-state index in [0.29, 0.717) is 10.7 Å². The average molecular weight is 316 g/mol. The van der Waals surface area contributed by atoms with Crippen molar-refractivity contribution in [3.63, 3.8) is 0 Å². The lowest BCUT2D eigenvalue weighted by molar-refractivity contribution is -0.274. The molecule has 0 aromatic heterocycles. The Morgan fingerprint density at radius 3 is 2.52 bits per heavy atom. The summed E-state index contributed by atoms with van der Waals surface area (Å²) >= 11 is 5.90. The van der Waals surface area contributed by atoms with Crippen molar-refractivity contribution < 1.29 is 23.0 Å². The van der Waals surface area contributed by atoms with Gasteiger partial charge in [-0.1, -0.05) is 23.7 Å². The number of phenols is 1. The van der Waals surface area contributed by atoms with Crippen LogP contribution in [0.1, 0.15) is 5.56 Å². The van der Waals surface area contributed by atoms with E-state index in [1.807, 2.05) is 0 Å². The Hall–Kier alpha value is -2.21. The SMILES string of the molecule is Oc1ccc(OC(F)(F)F)cc1C=Nc1ccccc1Cl. The highest BCUT2D eigenvalue weighted by molar-refractivity contribution is 6.33. The molecule has 0 aliphatic heterocycles. The molecule has 7 heteroatoms. The zero-order valence-electron chi connectivity index (χ0n) is 10.4. The maximum Gasteiger partial charge on any atom is 0.573 e. The number of aromatic hydroxyl groups is 1. The minimum atomic E-state index is -4.80. The molecule has 3 nitrogen and oxygen atoms in total. The summed E-state index contributed by atoms with van der Waals surface area (Å²) in [6.07, 6.45) is -3.59. The molecule has 21 heavy (non-hydrogen) atoms. The number of benzene rings is 2. The molecule has 0 unspecified atom stereocenters. The first-order valence-corrected chi connectivity index (χ1v) is 6.10. The minimum absolute atomic E-state index is 0.0802. The molecule has 0 aliphatic carbocycles. The number of rotatable bonds is 3. The van der Waals surface area contributed by atoms with Gasteiger partial charge in [0.2, 0.25) is 0 Å². The van der Waals surface area contributed by atoms with Gasteiger partial charge in [0, 0.05) is 11.8 Å². The molecule has 0 saturated carbocycles. The van der Waals surface area contributed by atoms with Gasteiger partial charge in [0.05, 0.1) is 10.7 Å². The van der Waals surface area contributed by atoms with Crippen LogP contribution in [0.3, 0.4) is 0 Å². The van der Waals surface area contributed by atoms with Crippen LogP contribution in [-0.4, -0.2) is 17.7 Å². The van der Waals surface area contributed by atoms with E-state index in [0.717, 1.165) is 18.2 Å². The van der Waals surface area contributed by atoms with Gasteiger partial charge in [0.25, 0.3) is 0 Å². The zero-order valence-corrected chi connectivity index (χ0v) is 11.2. The molecule has 1 N–H and O–H groups in total. The number of nitrogens with zero attached hydrogens (tertiary/aromatic N) is 1. The fraction of sp³-hybridized carbons (Fsp3) is 0.0714. The normalized spacial score (nSPS) is 11.8. The molecular formula is C14H9ClF3NO2. The van der Waals surface area contributed by atoms with Crippen molar-refractivity contribution in [1.82, 2.24) is 0 Å².